The van der Waals surface area contributed by atoms with Gasteiger partial charge in [-0.2, -0.15) is 0 Å². The first-order valence-corrected chi connectivity index (χ1v) is 6.98. The second-order valence-corrected chi connectivity index (χ2v) is 5.46. The minimum Gasteiger partial charge on any atom is -0.346 e. The average Bonchev–Trinajstić information content (AvgIpc) is 2.55. The van der Waals surface area contributed by atoms with Gasteiger partial charge in [-0.1, -0.05) is 25.3 Å². The van der Waals surface area contributed by atoms with Crippen LogP contribution in [-0.4, -0.2) is 22.3 Å². The number of carbonyl (C=O) groups is 1. The zero-order valence-corrected chi connectivity index (χ0v) is 11.4. The van der Waals surface area contributed by atoms with Gasteiger partial charge in [-0.25, -0.2) is 0 Å². The number of hydrogen-bond donors (Lipinski definition) is 1. The molecule has 1 aromatic heterocycles. The SMILES string of the molecule is Cc1cccnc1C(=O)NC1CCCCCC1Cl. The highest BCUT2D eigenvalue weighted by Crippen LogP contribution is 2.22. The van der Waals surface area contributed by atoms with E-state index in [2.05, 4.69) is 10.3 Å². The van der Waals surface area contributed by atoms with Gasteiger partial charge in [0.1, 0.15) is 5.69 Å². The van der Waals surface area contributed by atoms with E-state index in [4.69, 9.17) is 11.6 Å². The fourth-order valence-electron chi connectivity index (χ4n) is 2.39. The van der Waals surface area contributed by atoms with Gasteiger partial charge < -0.3 is 5.32 Å². The number of amides is 1. The Kier molecular flexibility index (Phi) is 4.59. The summed E-state index contributed by atoms with van der Waals surface area (Å²) in [5, 5.41) is 3.07. The molecule has 2 unspecified atom stereocenters. The Bertz CT molecular complexity index is 422. The maximum atomic E-state index is 12.2. The van der Waals surface area contributed by atoms with Crippen molar-refractivity contribution in [2.45, 2.75) is 50.4 Å². The lowest BCUT2D eigenvalue weighted by atomic mass is 10.1. The summed E-state index contributed by atoms with van der Waals surface area (Å²) in [6.07, 6.45) is 7.09. The Morgan fingerprint density at radius 2 is 2.17 bits per heavy atom. The highest BCUT2D eigenvalue weighted by molar-refractivity contribution is 6.21. The van der Waals surface area contributed by atoms with Gasteiger partial charge in [0.15, 0.2) is 0 Å². The Labute approximate surface area is 113 Å². The summed E-state index contributed by atoms with van der Waals surface area (Å²) in [5.74, 6) is -0.106. The van der Waals surface area contributed by atoms with Crippen LogP contribution in [0.3, 0.4) is 0 Å². The first-order chi connectivity index (χ1) is 8.68. The molecule has 0 aromatic carbocycles. The smallest absolute Gasteiger partial charge is 0.270 e. The van der Waals surface area contributed by atoms with E-state index in [0.29, 0.717) is 5.69 Å². The molecule has 1 amide bonds. The molecule has 1 fully saturated rings. The molecule has 0 spiro atoms. The van der Waals surface area contributed by atoms with E-state index in [1.807, 2.05) is 19.1 Å². The number of pyridine rings is 1. The summed E-state index contributed by atoms with van der Waals surface area (Å²) >= 11 is 6.32. The van der Waals surface area contributed by atoms with Crippen LogP contribution in [-0.2, 0) is 0 Å². The van der Waals surface area contributed by atoms with Crippen molar-refractivity contribution in [3.05, 3.63) is 29.6 Å². The summed E-state index contributed by atoms with van der Waals surface area (Å²) in [6.45, 7) is 1.90. The highest BCUT2D eigenvalue weighted by Gasteiger charge is 2.24. The molecule has 1 aliphatic rings. The van der Waals surface area contributed by atoms with E-state index < -0.39 is 0 Å². The number of halogens is 1. The molecule has 1 N–H and O–H groups in total. The maximum absolute atomic E-state index is 12.2. The van der Waals surface area contributed by atoms with Crippen LogP contribution in [0.4, 0.5) is 0 Å². The van der Waals surface area contributed by atoms with Gasteiger partial charge in [-0.3, -0.25) is 9.78 Å². The van der Waals surface area contributed by atoms with Gasteiger partial charge in [-0.15, -0.1) is 11.6 Å². The molecule has 18 heavy (non-hydrogen) atoms. The van der Waals surface area contributed by atoms with Gasteiger partial charge in [-0.05, 0) is 31.4 Å². The Morgan fingerprint density at radius 3 is 2.94 bits per heavy atom. The molecule has 1 aromatic rings. The molecule has 0 saturated heterocycles. The zero-order valence-electron chi connectivity index (χ0n) is 10.7. The van der Waals surface area contributed by atoms with Gasteiger partial charge in [0, 0.05) is 12.2 Å². The van der Waals surface area contributed by atoms with Crippen LogP contribution >= 0.6 is 11.6 Å². The van der Waals surface area contributed by atoms with Gasteiger partial charge in [0.2, 0.25) is 0 Å². The summed E-state index contributed by atoms with van der Waals surface area (Å²) in [6, 6.07) is 3.80. The molecule has 0 aliphatic heterocycles. The third kappa shape index (κ3) is 3.22. The number of aromatic nitrogens is 1. The van der Waals surface area contributed by atoms with Crippen molar-refractivity contribution in [3.63, 3.8) is 0 Å². The second kappa shape index (κ2) is 6.19. The van der Waals surface area contributed by atoms with Crippen molar-refractivity contribution in [1.29, 1.82) is 0 Å². The summed E-state index contributed by atoms with van der Waals surface area (Å²) < 4.78 is 0. The van der Waals surface area contributed by atoms with Crippen LogP contribution in [0.2, 0.25) is 0 Å². The Morgan fingerprint density at radius 1 is 1.39 bits per heavy atom. The molecule has 1 heterocycles. The second-order valence-electron chi connectivity index (χ2n) is 4.90. The highest BCUT2D eigenvalue weighted by atomic mass is 35.5. The van der Waals surface area contributed by atoms with Crippen LogP contribution < -0.4 is 5.32 Å². The average molecular weight is 267 g/mol. The van der Waals surface area contributed by atoms with E-state index in [-0.39, 0.29) is 17.3 Å². The van der Waals surface area contributed by atoms with E-state index in [1.165, 1.54) is 6.42 Å². The predicted molar refractivity (Wildman–Crippen MR) is 73.0 cm³/mol. The Hall–Kier alpha value is -1.09. The van der Waals surface area contributed by atoms with Crippen LogP contribution in [0.5, 0.6) is 0 Å². The third-order valence-corrected chi connectivity index (χ3v) is 4.00. The number of nitrogens with one attached hydrogen (secondary N) is 1. The van der Waals surface area contributed by atoms with Gasteiger partial charge >= 0.3 is 0 Å². The van der Waals surface area contributed by atoms with E-state index in [9.17, 15) is 4.79 Å². The van der Waals surface area contributed by atoms with E-state index in [0.717, 1.165) is 31.2 Å². The van der Waals surface area contributed by atoms with E-state index >= 15 is 0 Å². The molecule has 3 nitrogen and oxygen atoms in total. The number of nitrogens with zero attached hydrogens (tertiary/aromatic N) is 1. The molecule has 98 valence electrons. The summed E-state index contributed by atoms with van der Waals surface area (Å²) in [5.41, 5.74) is 1.40. The molecular weight excluding hydrogens is 248 g/mol. The van der Waals surface area contributed by atoms with Crippen molar-refractivity contribution in [3.8, 4) is 0 Å². The Balaban J connectivity index is 2.04. The summed E-state index contributed by atoms with van der Waals surface area (Å²) in [4.78, 5) is 16.3. The third-order valence-electron chi connectivity index (χ3n) is 3.47. The number of aryl methyl sites for hydroxylation is 1. The molecule has 1 saturated carbocycles. The monoisotopic (exact) mass is 266 g/mol. The van der Waals surface area contributed by atoms with Gasteiger partial charge in [0.25, 0.3) is 5.91 Å². The standard InChI is InChI=1S/C14H19ClN2O/c1-10-6-5-9-16-13(10)14(18)17-12-8-4-2-3-7-11(12)15/h5-6,9,11-12H,2-4,7-8H2,1H3,(H,17,18). The quantitative estimate of drug-likeness (QED) is 0.660. The number of hydrogen-bond acceptors (Lipinski definition) is 2. The maximum Gasteiger partial charge on any atom is 0.270 e. The molecule has 2 rings (SSSR count). The fraction of sp³-hybridized carbons (Fsp3) is 0.571. The van der Waals surface area contributed by atoms with Crippen molar-refractivity contribution in [2.24, 2.45) is 0 Å². The number of carbonyl (C=O) groups excluding carboxylic acids is 1. The first kappa shape index (κ1) is 13.3. The predicted octanol–water partition coefficient (Wildman–Crippen LogP) is 3.06. The van der Waals surface area contributed by atoms with Crippen LogP contribution in [0.1, 0.15) is 48.2 Å². The topological polar surface area (TPSA) is 42.0 Å². The lowest BCUT2D eigenvalue weighted by Crippen LogP contribution is -2.41. The molecular formula is C14H19ClN2O. The number of rotatable bonds is 2. The lowest BCUT2D eigenvalue weighted by Gasteiger charge is -2.21. The zero-order chi connectivity index (χ0) is 13.0. The minimum atomic E-state index is -0.106. The summed E-state index contributed by atoms with van der Waals surface area (Å²) in [7, 11) is 0. The molecule has 1 aliphatic carbocycles. The normalized spacial score (nSPS) is 24.3. The molecule has 0 radical (unpaired) electrons. The van der Waals surface area contributed by atoms with Crippen LogP contribution in [0, 0.1) is 6.92 Å². The molecule has 0 bridgehead atoms. The first-order valence-electron chi connectivity index (χ1n) is 6.55. The van der Waals surface area contributed by atoms with E-state index in [1.54, 1.807) is 6.20 Å². The van der Waals surface area contributed by atoms with Crippen molar-refractivity contribution >= 4 is 17.5 Å². The molecule has 2 atom stereocenters. The fourth-order valence-corrected chi connectivity index (χ4v) is 2.73. The lowest BCUT2D eigenvalue weighted by molar-refractivity contribution is 0.0928. The molecule has 4 heteroatoms. The largest absolute Gasteiger partial charge is 0.346 e. The number of alkyl halides is 1. The minimum absolute atomic E-state index is 0.0421. The van der Waals surface area contributed by atoms with Crippen molar-refractivity contribution in [1.82, 2.24) is 10.3 Å². The van der Waals surface area contributed by atoms with Crippen molar-refractivity contribution < 1.29 is 4.79 Å². The van der Waals surface area contributed by atoms with Crippen LogP contribution in [0.25, 0.3) is 0 Å². The van der Waals surface area contributed by atoms with Crippen molar-refractivity contribution in [2.75, 3.05) is 0 Å². The van der Waals surface area contributed by atoms with Crippen LogP contribution in [0.15, 0.2) is 18.3 Å². The van der Waals surface area contributed by atoms with Gasteiger partial charge in [0.05, 0.1) is 5.38 Å².